The predicted molar refractivity (Wildman–Crippen MR) is 75.8 cm³/mol. The number of aliphatic hydroxyl groups is 1. The van der Waals surface area contributed by atoms with Gasteiger partial charge in [-0.1, -0.05) is 6.07 Å². The van der Waals surface area contributed by atoms with Crippen LogP contribution in [0.4, 0.5) is 5.69 Å². The molecule has 0 aliphatic rings. The molecule has 0 bridgehead atoms. The zero-order valence-corrected chi connectivity index (χ0v) is 11.8. The molecular formula is C13H17N3O2S. The zero-order chi connectivity index (χ0) is 13.7. The molecule has 0 amide bonds. The van der Waals surface area contributed by atoms with E-state index in [2.05, 4.69) is 20.1 Å². The van der Waals surface area contributed by atoms with Crippen molar-refractivity contribution in [2.75, 3.05) is 18.5 Å². The number of ether oxygens (including phenoxy) is 1. The van der Waals surface area contributed by atoms with Gasteiger partial charge >= 0.3 is 0 Å². The van der Waals surface area contributed by atoms with Crippen molar-refractivity contribution in [1.82, 2.24) is 8.75 Å². The summed E-state index contributed by atoms with van der Waals surface area (Å²) in [6, 6.07) is 6.20. The molecule has 2 rings (SSSR count). The summed E-state index contributed by atoms with van der Waals surface area (Å²) in [5, 5.41) is 13.0. The van der Waals surface area contributed by atoms with Crippen LogP contribution in [0.2, 0.25) is 0 Å². The number of benzene rings is 1. The highest BCUT2D eigenvalue weighted by molar-refractivity contribution is 6.99. The van der Waals surface area contributed by atoms with Crippen molar-refractivity contribution in [3.63, 3.8) is 0 Å². The number of anilines is 1. The topological polar surface area (TPSA) is 67.3 Å². The molecule has 1 heterocycles. The van der Waals surface area contributed by atoms with Crippen molar-refractivity contribution in [2.24, 2.45) is 0 Å². The molecule has 0 radical (unpaired) electrons. The third-order valence-electron chi connectivity index (χ3n) is 2.53. The molecule has 1 aromatic heterocycles. The van der Waals surface area contributed by atoms with Gasteiger partial charge in [0.1, 0.15) is 18.9 Å². The summed E-state index contributed by atoms with van der Waals surface area (Å²) in [4.78, 5) is 0. The fraction of sp³-hybridized carbons (Fsp3) is 0.385. The van der Waals surface area contributed by atoms with Gasteiger partial charge in [-0.05, 0) is 37.1 Å². The summed E-state index contributed by atoms with van der Waals surface area (Å²) in [6.07, 6.45) is 0.942. The van der Waals surface area contributed by atoms with E-state index in [0.717, 1.165) is 17.4 Å². The SMILES string of the molecule is Cc1cc(C)cc(NCC(O)COc2cnsn2)c1. The van der Waals surface area contributed by atoms with Crippen molar-refractivity contribution >= 4 is 17.4 Å². The Balaban J connectivity index is 1.78. The van der Waals surface area contributed by atoms with Gasteiger partial charge in [0.25, 0.3) is 0 Å². The minimum Gasteiger partial charge on any atom is -0.473 e. The number of nitrogens with zero attached hydrogens (tertiary/aromatic N) is 2. The second kappa shape index (κ2) is 6.49. The van der Waals surface area contributed by atoms with E-state index < -0.39 is 6.10 Å². The summed E-state index contributed by atoms with van der Waals surface area (Å²) in [6.45, 7) is 4.73. The van der Waals surface area contributed by atoms with Gasteiger partial charge < -0.3 is 15.2 Å². The molecule has 102 valence electrons. The maximum absolute atomic E-state index is 9.82. The number of aromatic nitrogens is 2. The quantitative estimate of drug-likeness (QED) is 0.846. The molecule has 1 aromatic carbocycles. The van der Waals surface area contributed by atoms with E-state index in [1.54, 1.807) is 0 Å². The fourth-order valence-corrected chi connectivity index (χ4v) is 2.14. The predicted octanol–water partition coefficient (Wildman–Crippen LogP) is 2.01. The Morgan fingerprint density at radius 2 is 2.05 bits per heavy atom. The first-order valence-corrected chi connectivity index (χ1v) is 6.77. The van der Waals surface area contributed by atoms with E-state index in [1.165, 1.54) is 17.3 Å². The van der Waals surface area contributed by atoms with Gasteiger partial charge in [-0.3, -0.25) is 0 Å². The second-order valence-electron chi connectivity index (χ2n) is 4.47. The maximum atomic E-state index is 9.82. The van der Waals surface area contributed by atoms with Crippen molar-refractivity contribution < 1.29 is 9.84 Å². The van der Waals surface area contributed by atoms with Crippen LogP contribution in [0.15, 0.2) is 24.4 Å². The van der Waals surface area contributed by atoms with Crippen LogP contribution in [0.5, 0.6) is 5.88 Å². The molecule has 0 saturated heterocycles. The third kappa shape index (κ3) is 4.50. The monoisotopic (exact) mass is 279 g/mol. The lowest BCUT2D eigenvalue weighted by Crippen LogP contribution is -2.26. The van der Waals surface area contributed by atoms with Gasteiger partial charge in [-0.15, -0.1) is 4.37 Å². The van der Waals surface area contributed by atoms with E-state index in [1.807, 2.05) is 26.0 Å². The summed E-state index contributed by atoms with van der Waals surface area (Å²) in [5.74, 6) is 0.454. The Labute approximate surface area is 116 Å². The van der Waals surface area contributed by atoms with Gasteiger partial charge in [0.15, 0.2) is 0 Å². The molecule has 2 aromatic rings. The van der Waals surface area contributed by atoms with Gasteiger partial charge in [0.05, 0.1) is 11.7 Å². The standard InChI is InChI=1S/C13H17N3O2S/c1-9-3-10(2)5-11(4-9)14-6-12(17)8-18-13-7-15-19-16-13/h3-5,7,12,14,17H,6,8H2,1-2H3. The molecule has 1 unspecified atom stereocenters. The van der Waals surface area contributed by atoms with E-state index >= 15 is 0 Å². The Morgan fingerprint density at radius 1 is 1.32 bits per heavy atom. The summed E-state index contributed by atoms with van der Waals surface area (Å²) in [7, 11) is 0. The third-order valence-corrected chi connectivity index (χ3v) is 2.99. The van der Waals surface area contributed by atoms with Crippen LogP contribution in [-0.4, -0.2) is 33.1 Å². The highest BCUT2D eigenvalue weighted by Gasteiger charge is 2.06. The fourth-order valence-electron chi connectivity index (χ4n) is 1.77. The lowest BCUT2D eigenvalue weighted by atomic mass is 10.1. The molecular weight excluding hydrogens is 262 g/mol. The van der Waals surface area contributed by atoms with E-state index in [4.69, 9.17) is 4.74 Å². The lowest BCUT2D eigenvalue weighted by Gasteiger charge is -2.13. The minimum absolute atomic E-state index is 0.198. The average molecular weight is 279 g/mol. The van der Waals surface area contributed by atoms with Crippen molar-refractivity contribution in [1.29, 1.82) is 0 Å². The molecule has 19 heavy (non-hydrogen) atoms. The lowest BCUT2D eigenvalue weighted by molar-refractivity contribution is 0.115. The van der Waals surface area contributed by atoms with Gasteiger partial charge in [-0.2, -0.15) is 4.37 Å². The number of nitrogens with one attached hydrogen (secondary N) is 1. The van der Waals surface area contributed by atoms with E-state index in [9.17, 15) is 5.11 Å². The Kier molecular flexibility index (Phi) is 4.70. The number of aliphatic hydroxyl groups excluding tert-OH is 1. The molecule has 0 fully saturated rings. The number of hydrogen-bond donors (Lipinski definition) is 2. The molecule has 0 aliphatic carbocycles. The number of rotatable bonds is 6. The largest absolute Gasteiger partial charge is 0.473 e. The van der Waals surface area contributed by atoms with Gasteiger partial charge in [0, 0.05) is 12.2 Å². The van der Waals surface area contributed by atoms with Crippen molar-refractivity contribution in [3.8, 4) is 5.88 Å². The summed E-state index contributed by atoms with van der Waals surface area (Å²) >= 11 is 1.08. The first-order valence-electron chi connectivity index (χ1n) is 6.04. The minimum atomic E-state index is -0.595. The number of aryl methyl sites for hydroxylation is 2. The summed E-state index contributed by atoms with van der Waals surface area (Å²) < 4.78 is 13.0. The molecule has 0 spiro atoms. The number of hydrogen-bond acceptors (Lipinski definition) is 6. The normalized spacial score (nSPS) is 12.2. The van der Waals surface area contributed by atoms with E-state index in [-0.39, 0.29) is 6.61 Å². The summed E-state index contributed by atoms with van der Waals surface area (Å²) in [5.41, 5.74) is 3.40. The Hall–Kier alpha value is -1.66. The van der Waals surface area contributed by atoms with E-state index in [0.29, 0.717) is 12.4 Å². The average Bonchev–Trinajstić information content (AvgIpc) is 2.86. The van der Waals surface area contributed by atoms with Crippen molar-refractivity contribution in [3.05, 3.63) is 35.5 Å². The highest BCUT2D eigenvalue weighted by atomic mass is 32.1. The molecule has 5 nitrogen and oxygen atoms in total. The van der Waals surface area contributed by atoms with Crippen LogP contribution in [-0.2, 0) is 0 Å². The van der Waals surface area contributed by atoms with Crippen LogP contribution in [0.3, 0.4) is 0 Å². The molecule has 1 atom stereocenters. The van der Waals surface area contributed by atoms with Crippen molar-refractivity contribution in [2.45, 2.75) is 20.0 Å². The molecule has 6 heteroatoms. The van der Waals surface area contributed by atoms with Crippen LogP contribution < -0.4 is 10.1 Å². The van der Waals surface area contributed by atoms with Gasteiger partial charge in [-0.25, -0.2) is 0 Å². The van der Waals surface area contributed by atoms with Crippen LogP contribution >= 0.6 is 11.7 Å². The van der Waals surface area contributed by atoms with Crippen LogP contribution in [0.1, 0.15) is 11.1 Å². The highest BCUT2D eigenvalue weighted by Crippen LogP contribution is 2.13. The molecule has 0 saturated carbocycles. The zero-order valence-electron chi connectivity index (χ0n) is 11.0. The van der Waals surface area contributed by atoms with Crippen LogP contribution in [0, 0.1) is 13.8 Å². The smallest absolute Gasteiger partial charge is 0.245 e. The van der Waals surface area contributed by atoms with Crippen LogP contribution in [0.25, 0.3) is 0 Å². The Morgan fingerprint density at radius 3 is 2.68 bits per heavy atom. The second-order valence-corrected chi connectivity index (χ2v) is 5.02. The molecule has 0 aliphatic heterocycles. The molecule has 2 N–H and O–H groups in total. The first kappa shape index (κ1) is 13.8. The Bertz CT molecular complexity index is 496. The first-order chi connectivity index (χ1) is 9.13. The maximum Gasteiger partial charge on any atom is 0.245 e. The van der Waals surface area contributed by atoms with Gasteiger partial charge in [0.2, 0.25) is 5.88 Å².